The second-order valence-electron chi connectivity index (χ2n) is 2.77. The third-order valence-corrected chi connectivity index (χ3v) is 2.20. The first-order chi connectivity index (χ1) is 6.16. The minimum Gasteiger partial charge on any atom is -0.324 e. The van der Waals surface area contributed by atoms with Gasteiger partial charge in [-0.25, -0.2) is 4.39 Å². The average Bonchev–Trinajstić information content (AvgIpc) is 2.10. The summed E-state index contributed by atoms with van der Waals surface area (Å²) in [5.41, 5.74) is 6.38. The lowest BCUT2D eigenvalue weighted by Crippen LogP contribution is -2.10. The van der Waals surface area contributed by atoms with Crippen LogP contribution in [0.1, 0.15) is 18.0 Å². The molecule has 1 atom stereocenters. The third-order valence-electron chi connectivity index (χ3n) is 1.80. The van der Waals surface area contributed by atoms with Gasteiger partial charge < -0.3 is 5.73 Å². The number of hydrogen-bond acceptors (Lipinski definition) is 1. The van der Waals surface area contributed by atoms with Gasteiger partial charge in [0.05, 0.1) is 5.02 Å². The van der Waals surface area contributed by atoms with Crippen LogP contribution < -0.4 is 5.73 Å². The molecule has 0 saturated carbocycles. The molecule has 3 heteroatoms. The van der Waals surface area contributed by atoms with Crippen LogP contribution in [-0.2, 0) is 0 Å². The van der Waals surface area contributed by atoms with Crippen molar-refractivity contribution >= 4 is 11.6 Å². The topological polar surface area (TPSA) is 26.0 Å². The summed E-state index contributed by atoms with van der Waals surface area (Å²) in [6.45, 7) is 3.56. The fourth-order valence-corrected chi connectivity index (χ4v) is 1.38. The maximum atomic E-state index is 13.0. The van der Waals surface area contributed by atoms with Gasteiger partial charge in [-0.3, -0.25) is 0 Å². The van der Waals surface area contributed by atoms with E-state index in [4.69, 9.17) is 17.3 Å². The van der Waals surface area contributed by atoms with E-state index < -0.39 is 5.82 Å². The summed E-state index contributed by atoms with van der Waals surface area (Å²) in [7, 11) is 0. The first kappa shape index (κ1) is 10.2. The lowest BCUT2D eigenvalue weighted by molar-refractivity contribution is 0.620. The molecule has 0 bridgehead atoms. The minimum atomic E-state index is -0.432. The molecular weight excluding hydrogens is 189 g/mol. The minimum absolute atomic E-state index is 0.108. The van der Waals surface area contributed by atoms with Crippen LogP contribution in [-0.4, -0.2) is 0 Å². The summed E-state index contributed by atoms with van der Waals surface area (Å²) in [6, 6.07) is 4.35. The summed E-state index contributed by atoms with van der Waals surface area (Å²) >= 11 is 5.73. The molecule has 0 spiro atoms. The van der Waals surface area contributed by atoms with Gasteiger partial charge in [-0.15, -0.1) is 6.58 Å². The van der Waals surface area contributed by atoms with Crippen molar-refractivity contribution in [2.75, 3.05) is 0 Å². The lowest BCUT2D eigenvalue weighted by Gasteiger charge is -2.11. The van der Waals surface area contributed by atoms with Crippen molar-refractivity contribution < 1.29 is 4.39 Å². The van der Waals surface area contributed by atoms with E-state index in [1.165, 1.54) is 6.07 Å². The van der Waals surface area contributed by atoms with Crippen LogP contribution in [0.3, 0.4) is 0 Å². The second kappa shape index (κ2) is 4.40. The summed E-state index contributed by atoms with van der Waals surface area (Å²) in [5.74, 6) is -0.432. The van der Waals surface area contributed by atoms with E-state index >= 15 is 0 Å². The van der Waals surface area contributed by atoms with Gasteiger partial charge in [0, 0.05) is 6.04 Å². The van der Waals surface area contributed by atoms with E-state index in [0.717, 1.165) is 0 Å². The summed E-state index contributed by atoms with van der Waals surface area (Å²) in [6.07, 6.45) is 2.27. The molecule has 2 N–H and O–H groups in total. The number of rotatable bonds is 3. The Morgan fingerprint density at radius 3 is 2.92 bits per heavy atom. The number of benzene rings is 1. The highest BCUT2D eigenvalue weighted by molar-refractivity contribution is 6.31. The number of hydrogen-bond donors (Lipinski definition) is 1. The standard InChI is InChI=1S/C10H11ClFN/c1-2-4-9(13)7-5-3-6-8(12)10(7)11/h2-3,5-6,9H,1,4,13H2/t9-/m0/s1. The van der Waals surface area contributed by atoms with Gasteiger partial charge in [0.1, 0.15) is 5.82 Å². The highest BCUT2D eigenvalue weighted by atomic mass is 35.5. The molecule has 0 radical (unpaired) electrons. The van der Waals surface area contributed by atoms with Gasteiger partial charge in [-0.1, -0.05) is 29.8 Å². The van der Waals surface area contributed by atoms with E-state index in [0.29, 0.717) is 12.0 Å². The molecule has 70 valence electrons. The Hall–Kier alpha value is -0.860. The van der Waals surface area contributed by atoms with Gasteiger partial charge in [0.15, 0.2) is 0 Å². The molecule has 0 aliphatic rings. The molecule has 1 nitrogen and oxygen atoms in total. The fourth-order valence-electron chi connectivity index (χ4n) is 1.11. The molecule has 1 aromatic rings. The smallest absolute Gasteiger partial charge is 0.142 e. The van der Waals surface area contributed by atoms with E-state index in [9.17, 15) is 4.39 Å². The lowest BCUT2D eigenvalue weighted by atomic mass is 10.0. The van der Waals surface area contributed by atoms with Crippen LogP contribution in [0.4, 0.5) is 4.39 Å². The van der Waals surface area contributed by atoms with Crippen LogP contribution in [0.5, 0.6) is 0 Å². The Kier molecular flexibility index (Phi) is 3.46. The zero-order valence-corrected chi connectivity index (χ0v) is 7.89. The molecule has 0 saturated heterocycles. The van der Waals surface area contributed by atoms with Crippen molar-refractivity contribution in [3.63, 3.8) is 0 Å². The van der Waals surface area contributed by atoms with Crippen molar-refractivity contribution in [2.45, 2.75) is 12.5 Å². The summed E-state index contributed by atoms with van der Waals surface area (Å²) in [4.78, 5) is 0. The van der Waals surface area contributed by atoms with Gasteiger partial charge in [0.25, 0.3) is 0 Å². The zero-order valence-electron chi connectivity index (χ0n) is 7.13. The van der Waals surface area contributed by atoms with Crippen LogP contribution in [0.15, 0.2) is 30.9 Å². The number of nitrogens with two attached hydrogens (primary N) is 1. The Morgan fingerprint density at radius 1 is 1.62 bits per heavy atom. The predicted octanol–water partition coefficient (Wildman–Crippen LogP) is 3.06. The molecule has 13 heavy (non-hydrogen) atoms. The molecule has 0 unspecified atom stereocenters. The summed E-state index contributed by atoms with van der Waals surface area (Å²) in [5, 5.41) is 0.108. The van der Waals surface area contributed by atoms with Crippen molar-refractivity contribution in [1.82, 2.24) is 0 Å². The summed E-state index contributed by atoms with van der Waals surface area (Å²) < 4.78 is 13.0. The monoisotopic (exact) mass is 199 g/mol. The van der Waals surface area contributed by atoms with E-state index in [-0.39, 0.29) is 11.1 Å². The SMILES string of the molecule is C=CC[C@H](N)c1cccc(F)c1Cl. The molecule has 0 aromatic heterocycles. The van der Waals surface area contributed by atoms with Gasteiger partial charge in [0.2, 0.25) is 0 Å². The van der Waals surface area contributed by atoms with E-state index in [2.05, 4.69) is 6.58 Å². The average molecular weight is 200 g/mol. The molecule has 0 heterocycles. The van der Waals surface area contributed by atoms with Gasteiger partial charge in [-0.05, 0) is 18.1 Å². The van der Waals surface area contributed by atoms with Gasteiger partial charge in [-0.2, -0.15) is 0 Å². The Bertz CT molecular complexity index is 312. The van der Waals surface area contributed by atoms with Crippen molar-refractivity contribution in [1.29, 1.82) is 0 Å². The maximum Gasteiger partial charge on any atom is 0.142 e. The highest BCUT2D eigenvalue weighted by Gasteiger charge is 2.11. The van der Waals surface area contributed by atoms with Crippen LogP contribution in [0.2, 0.25) is 5.02 Å². The molecule has 0 fully saturated rings. The van der Waals surface area contributed by atoms with Crippen LogP contribution >= 0.6 is 11.6 Å². The van der Waals surface area contributed by atoms with E-state index in [1.807, 2.05) is 0 Å². The molecule has 0 amide bonds. The Balaban J connectivity index is 3.00. The molecule has 0 aliphatic carbocycles. The van der Waals surface area contributed by atoms with Crippen LogP contribution in [0, 0.1) is 5.82 Å². The first-order valence-corrected chi connectivity index (χ1v) is 4.35. The van der Waals surface area contributed by atoms with Crippen molar-refractivity contribution in [2.24, 2.45) is 5.73 Å². The maximum absolute atomic E-state index is 13.0. The molecule has 1 aromatic carbocycles. The zero-order chi connectivity index (χ0) is 9.84. The molecular formula is C10H11ClFN. The molecule has 0 aliphatic heterocycles. The van der Waals surface area contributed by atoms with Crippen LogP contribution in [0.25, 0.3) is 0 Å². The Morgan fingerprint density at radius 2 is 2.31 bits per heavy atom. The van der Waals surface area contributed by atoms with E-state index in [1.54, 1.807) is 18.2 Å². The second-order valence-corrected chi connectivity index (χ2v) is 3.15. The molecule has 1 rings (SSSR count). The quantitative estimate of drug-likeness (QED) is 0.744. The van der Waals surface area contributed by atoms with Gasteiger partial charge >= 0.3 is 0 Å². The first-order valence-electron chi connectivity index (χ1n) is 3.97. The van der Waals surface area contributed by atoms with Crippen molar-refractivity contribution in [3.8, 4) is 0 Å². The number of halogens is 2. The fraction of sp³-hybridized carbons (Fsp3) is 0.200. The van der Waals surface area contributed by atoms with Crippen molar-refractivity contribution in [3.05, 3.63) is 47.3 Å². The highest BCUT2D eigenvalue weighted by Crippen LogP contribution is 2.25. The largest absolute Gasteiger partial charge is 0.324 e. The third kappa shape index (κ3) is 2.29. The predicted molar refractivity (Wildman–Crippen MR) is 53.2 cm³/mol. The Labute approximate surface area is 82.0 Å². The normalized spacial score (nSPS) is 12.5.